The quantitative estimate of drug-likeness (QED) is 0.164. The minimum Gasteiger partial charge on any atom is -0.311 e. The average Bonchev–Trinajstić information content (AvgIpc) is 3.37. The number of hydrogen-bond donors (Lipinski definition) is 0. The van der Waals surface area contributed by atoms with Crippen LogP contribution in [0.5, 0.6) is 0 Å². The molecule has 2 aliphatic heterocycles. The van der Waals surface area contributed by atoms with E-state index in [1.807, 2.05) is 0 Å². The molecule has 0 saturated heterocycles. The molecular formula is C60H71BN2. The average molecular weight is 831 g/mol. The Bertz CT molecular complexity index is 2790. The Morgan fingerprint density at radius 2 is 0.841 bits per heavy atom. The summed E-state index contributed by atoms with van der Waals surface area (Å²) in [6.45, 7) is 40.1. The molecule has 1 aliphatic carbocycles. The Kier molecular flexibility index (Phi) is 9.60. The molecule has 0 atom stereocenters. The molecular weight excluding hydrogens is 759 g/mol. The molecule has 0 aromatic heterocycles. The fourth-order valence-corrected chi connectivity index (χ4v) is 11.3. The molecule has 324 valence electrons. The third-order valence-corrected chi connectivity index (χ3v) is 14.7. The Morgan fingerprint density at radius 3 is 1.32 bits per heavy atom. The molecule has 0 spiro atoms. The lowest BCUT2D eigenvalue weighted by Gasteiger charge is -2.45. The highest BCUT2D eigenvalue weighted by Gasteiger charge is 2.47. The van der Waals surface area contributed by atoms with Gasteiger partial charge >= 0.3 is 0 Å². The van der Waals surface area contributed by atoms with Crippen LogP contribution in [0.2, 0.25) is 0 Å². The van der Waals surface area contributed by atoms with Crippen molar-refractivity contribution >= 4 is 57.2 Å². The molecule has 0 bridgehead atoms. The van der Waals surface area contributed by atoms with E-state index in [1.165, 1.54) is 101 Å². The van der Waals surface area contributed by atoms with Gasteiger partial charge in [0.25, 0.3) is 6.71 Å². The van der Waals surface area contributed by atoms with Crippen LogP contribution >= 0.6 is 0 Å². The predicted octanol–water partition coefficient (Wildman–Crippen LogP) is 14.9. The van der Waals surface area contributed by atoms with Crippen LogP contribution in [0, 0.1) is 6.92 Å². The van der Waals surface area contributed by atoms with E-state index >= 15 is 0 Å². The lowest BCUT2D eigenvalue weighted by Crippen LogP contribution is -2.61. The van der Waals surface area contributed by atoms with E-state index in [4.69, 9.17) is 0 Å². The van der Waals surface area contributed by atoms with Crippen molar-refractivity contribution in [1.29, 1.82) is 0 Å². The summed E-state index contributed by atoms with van der Waals surface area (Å²) >= 11 is 0. The Labute approximate surface area is 381 Å². The zero-order chi connectivity index (χ0) is 45.6. The van der Waals surface area contributed by atoms with E-state index in [0.29, 0.717) is 0 Å². The van der Waals surface area contributed by atoms with E-state index in [-0.39, 0.29) is 39.2 Å². The first kappa shape index (κ1) is 43.2. The number of hydrogen-bond acceptors (Lipinski definition) is 2. The summed E-state index contributed by atoms with van der Waals surface area (Å²) in [4.78, 5) is 5.26. The summed E-state index contributed by atoms with van der Waals surface area (Å²) in [5, 5.41) is 0. The fourth-order valence-electron chi connectivity index (χ4n) is 11.3. The highest BCUT2D eigenvalue weighted by Crippen LogP contribution is 2.55. The second kappa shape index (κ2) is 14.0. The van der Waals surface area contributed by atoms with Gasteiger partial charge in [0.15, 0.2) is 0 Å². The molecule has 0 N–H and O–H groups in total. The van der Waals surface area contributed by atoms with Gasteiger partial charge in [0.05, 0.1) is 5.69 Å². The van der Waals surface area contributed by atoms with Crippen LogP contribution in [0.4, 0.5) is 34.1 Å². The van der Waals surface area contributed by atoms with Crippen molar-refractivity contribution in [3.05, 3.63) is 148 Å². The van der Waals surface area contributed by atoms with E-state index in [2.05, 4.69) is 237 Å². The van der Waals surface area contributed by atoms with Crippen molar-refractivity contribution in [3.63, 3.8) is 0 Å². The maximum Gasteiger partial charge on any atom is 0.252 e. The van der Waals surface area contributed by atoms with Crippen LogP contribution < -0.4 is 26.2 Å². The molecule has 0 unspecified atom stereocenters. The topological polar surface area (TPSA) is 6.48 Å². The monoisotopic (exact) mass is 831 g/mol. The molecule has 0 saturated carbocycles. The Morgan fingerprint density at radius 1 is 0.429 bits per heavy atom. The Hall–Kier alpha value is -5.02. The highest BCUT2D eigenvalue weighted by atomic mass is 15.2. The summed E-state index contributed by atoms with van der Waals surface area (Å²) in [5.41, 5.74) is 24.0. The lowest BCUT2D eigenvalue weighted by molar-refractivity contribution is 0.403. The van der Waals surface area contributed by atoms with Gasteiger partial charge in [-0.15, -0.1) is 0 Å². The standard InChI is InChI=1S/C60H71BN2/c1-37-30-52-54-53(31-37)63(51-35-46-45(59(14,15)36-60(46,16)17)34-44(51)38-18-20-39(21-19-38)55(2,3)4)50-29-25-42(58(11,12)13)33-48(50)61(54)47-32-41(57(8,9)10)24-28-49(47)62(52)43-26-22-40(23-27-43)56(5,6)7/h18-35H,36H2,1-17H3. The van der Waals surface area contributed by atoms with Crippen molar-refractivity contribution in [2.24, 2.45) is 0 Å². The summed E-state index contributed by atoms with van der Waals surface area (Å²) in [7, 11) is 0. The molecule has 3 aliphatic rings. The molecule has 2 heterocycles. The molecule has 0 fully saturated rings. The van der Waals surface area contributed by atoms with Gasteiger partial charge < -0.3 is 9.80 Å². The van der Waals surface area contributed by atoms with Gasteiger partial charge in [0.2, 0.25) is 0 Å². The van der Waals surface area contributed by atoms with Gasteiger partial charge in [0, 0.05) is 34.0 Å². The van der Waals surface area contributed by atoms with Gasteiger partial charge in [0.1, 0.15) is 0 Å². The summed E-state index contributed by atoms with van der Waals surface area (Å²) in [6, 6.07) is 43.8. The van der Waals surface area contributed by atoms with E-state index in [1.54, 1.807) is 0 Å². The zero-order valence-electron chi connectivity index (χ0n) is 41.6. The first-order valence-electron chi connectivity index (χ1n) is 23.6. The molecule has 0 amide bonds. The molecule has 3 heteroatoms. The van der Waals surface area contributed by atoms with Gasteiger partial charge in [-0.3, -0.25) is 0 Å². The summed E-state index contributed by atoms with van der Waals surface area (Å²) < 4.78 is 0. The smallest absolute Gasteiger partial charge is 0.252 e. The number of benzene rings is 6. The van der Waals surface area contributed by atoms with Crippen LogP contribution in [0.1, 0.15) is 156 Å². The summed E-state index contributed by atoms with van der Waals surface area (Å²) in [6.07, 6.45) is 1.12. The summed E-state index contributed by atoms with van der Waals surface area (Å²) in [5.74, 6) is 0. The van der Waals surface area contributed by atoms with E-state index in [9.17, 15) is 0 Å². The largest absolute Gasteiger partial charge is 0.311 e. The minimum absolute atomic E-state index is 0.0101. The second-order valence-corrected chi connectivity index (χ2v) is 24.9. The van der Waals surface area contributed by atoms with E-state index < -0.39 is 0 Å². The van der Waals surface area contributed by atoms with Crippen LogP contribution in [0.3, 0.4) is 0 Å². The van der Waals surface area contributed by atoms with Crippen molar-refractivity contribution in [1.82, 2.24) is 0 Å². The van der Waals surface area contributed by atoms with Crippen molar-refractivity contribution in [2.75, 3.05) is 9.80 Å². The fraction of sp³-hybridized carbons (Fsp3) is 0.400. The second-order valence-electron chi connectivity index (χ2n) is 24.9. The van der Waals surface area contributed by atoms with Gasteiger partial charge in [-0.1, -0.05) is 171 Å². The molecule has 2 nitrogen and oxygen atoms in total. The van der Waals surface area contributed by atoms with Crippen molar-refractivity contribution in [2.45, 2.75) is 157 Å². The Balaban J connectivity index is 1.40. The SMILES string of the molecule is Cc1cc2c3c(c1)N(c1cc4c(cc1-c1ccc(C(C)(C)C)cc1)C(C)(C)CC4(C)C)c1ccc(C(C)(C)C)cc1B3c1cc(C(C)(C)C)ccc1N2c1ccc(C(C)(C)C)cc1. The molecule has 63 heavy (non-hydrogen) atoms. The van der Waals surface area contributed by atoms with Crippen LogP contribution in [0.15, 0.2) is 109 Å². The molecule has 6 aromatic rings. The highest BCUT2D eigenvalue weighted by molar-refractivity contribution is 7.00. The van der Waals surface area contributed by atoms with E-state index in [0.717, 1.165) is 6.42 Å². The van der Waals surface area contributed by atoms with Crippen LogP contribution in [0.25, 0.3) is 11.1 Å². The number of nitrogens with zero attached hydrogens (tertiary/aromatic N) is 2. The number of aryl methyl sites for hydroxylation is 1. The van der Waals surface area contributed by atoms with Gasteiger partial charge in [-0.25, -0.2) is 0 Å². The predicted molar refractivity (Wildman–Crippen MR) is 276 cm³/mol. The van der Waals surface area contributed by atoms with Crippen molar-refractivity contribution < 1.29 is 0 Å². The molecule has 0 radical (unpaired) electrons. The van der Waals surface area contributed by atoms with Crippen molar-refractivity contribution in [3.8, 4) is 11.1 Å². The first-order valence-corrected chi connectivity index (χ1v) is 23.6. The third kappa shape index (κ3) is 7.17. The number of fused-ring (bicyclic) bond motifs is 5. The molecule has 6 aromatic carbocycles. The van der Waals surface area contributed by atoms with Crippen LogP contribution in [-0.4, -0.2) is 6.71 Å². The van der Waals surface area contributed by atoms with Gasteiger partial charge in [-0.2, -0.15) is 0 Å². The first-order chi connectivity index (χ1) is 29.1. The zero-order valence-corrected chi connectivity index (χ0v) is 41.6. The third-order valence-electron chi connectivity index (χ3n) is 14.7. The lowest BCUT2D eigenvalue weighted by atomic mass is 9.33. The minimum atomic E-state index is -0.0228. The number of anilines is 6. The normalized spacial score (nSPS) is 16.4. The maximum absolute atomic E-state index is 2.68. The van der Waals surface area contributed by atoms with Crippen LogP contribution in [-0.2, 0) is 32.5 Å². The maximum atomic E-state index is 2.68. The van der Waals surface area contributed by atoms with Gasteiger partial charge in [-0.05, 0) is 155 Å². The number of rotatable bonds is 3. The molecule has 9 rings (SSSR count).